The molecule has 1 aromatic carbocycles. The van der Waals surface area contributed by atoms with E-state index in [1.54, 1.807) is 0 Å². The van der Waals surface area contributed by atoms with Crippen molar-refractivity contribution in [2.75, 3.05) is 13.2 Å². The lowest BCUT2D eigenvalue weighted by molar-refractivity contribution is -0.0327. The second-order valence-corrected chi connectivity index (χ2v) is 5.50. The Balaban J connectivity index is 1.90. The lowest BCUT2D eigenvalue weighted by atomic mass is 10.1. The van der Waals surface area contributed by atoms with Crippen molar-refractivity contribution in [3.05, 3.63) is 29.8 Å². The van der Waals surface area contributed by atoms with E-state index in [4.69, 9.17) is 15.2 Å². The summed E-state index contributed by atoms with van der Waals surface area (Å²) in [7, 11) is 0. The Bertz CT molecular complexity index is 390. The zero-order valence-corrected chi connectivity index (χ0v) is 11.3. The van der Waals surface area contributed by atoms with Crippen LogP contribution in [0.2, 0.25) is 0 Å². The van der Waals surface area contributed by atoms with Crippen molar-refractivity contribution in [2.24, 2.45) is 5.73 Å². The van der Waals surface area contributed by atoms with Gasteiger partial charge in [0.15, 0.2) is 0 Å². The van der Waals surface area contributed by atoms with E-state index in [1.807, 2.05) is 18.2 Å². The number of nitrogens with two attached hydrogens (primary N) is 1. The first-order chi connectivity index (χ1) is 8.61. The van der Waals surface area contributed by atoms with Gasteiger partial charge in [0.05, 0.1) is 11.7 Å². The minimum absolute atomic E-state index is 0.00476. The first kappa shape index (κ1) is 13.4. The van der Waals surface area contributed by atoms with Gasteiger partial charge in [-0.2, -0.15) is 0 Å². The number of rotatable bonds is 5. The molecule has 1 unspecified atom stereocenters. The van der Waals surface area contributed by atoms with Crippen LogP contribution in [-0.4, -0.2) is 24.9 Å². The van der Waals surface area contributed by atoms with E-state index in [0.29, 0.717) is 13.2 Å². The quantitative estimate of drug-likeness (QED) is 0.872. The van der Waals surface area contributed by atoms with Gasteiger partial charge in [0, 0.05) is 0 Å². The summed E-state index contributed by atoms with van der Waals surface area (Å²) in [6, 6.07) is 8.09. The van der Waals surface area contributed by atoms with Crippen molar-refractivity contribution in [1.29, 1.82) is 0 Å². The van der Waals surface area contributed by atoms with Gasteiger partial charge in [-0.15, -0.1) is 0 Å². The van der Waals surface area contributed by atoms with Gasteiger partial charge in [0.25, 0.3) is 0 Å². The molecule has 1 aliphatic rings. The zero-order valence-electron chi connectivity index (χ0n) is 11.3. The summed E-state index contributed by atoms with van der Waals surface area (Å²) in [6.07, 6.45) is 3.25. The normalized spacial score (nSPS) is 22.1. The molecule has 1 heterocycles. The Morgan fingerprint density at radius 1 is 1.39 bits per heavy atom. The van der Waals surface area contributed by atoms with Crippen molar-refractivity contribution >= 4 is 0 Å². The van der Waals surface area contributed by atoms with Crippen LogP contribution in [-0.2, 0) is 11.2 Å². The smallest absolute Gasteiger partial charge is 0.122 e. The highest BCUT2D eigenvalue weighted by Crippen LogP contribution is 2.30. The van der Waals surface area contributed by atoms with Crippen molar-refractivity contribution in [1.82, 2.24) is 0 Å². The fourth-order valence-electron chi connectivity index (χ4n) is 2.38. The lowest BCUT2D eigenvalue weighted by Crippen LogP contribution is -2.24. The molecule has 0 amide bonds. The van der Waals surface area contributed by atoms with Gasteiger partial charge >= 0.3 is 0 Å². The van der Waals surface area contributed by atoms with Crippen LogP contribution in [0.1, 0.15) is 32.3 Å². The van der Waals surface area contributed by atoms with E-state index in [1.165, 1.54) is 5.56 Å². The van der Waals surface area contributed by atoms with Gasteiger partial charge in [-0.05, 0) is 51.3 Å². The molecule has 100 valence electrons. The maximum atomic E-state index is 5.92. The van der Waals surface area contributed by atoms with Gasteiger partial charge in [-0.3, -0.25) is 0 Å². The average molecular weight is 249 g/mol. The van der Waals surface area contributed by atoms with Crippen molar-refractivity contribution in [2.45, 2.75) is 44.8 Å². The monoisotopic (exact) mass is 249 g/mol. The summed E-state index contributed by atoms with van der Waals surface area (Å²) in [5.41, 5.74) is 6.79. The van der Waals surface area contributed by atoms with Crippen LogP contribution in [0.4, 0.5) is 0 Å². The predicted octanol–water partition coefficient (Wildman–Crippen LogP) is 2.52. The lowest BCUT2D eigenvalue weighted by Gasteiger charge is -2.20. The molecule has 3 heteroatoms. The predicted molar refractivity (Wildman–Crippen MR) is 72.9 cm³/mol. The Morgan fingerprint density at radius 2 is 2.17 bits per heavy atom. The zero-order chi connectivity index (χ0) is 13.0. The van der Waals surface area contributed by atoms with E-state index < -0.39 is 0 Å². The van der Waals surface area contributed by atoms with Crippen molar-refractivity contribution in [3.8, 4) is 5.75 Å². The number of ether oxygens (including phenoxy) is 2. The Kier molecular flexibility index (Phi) is 4.25. The van der Waals surface area contributed by atoms with Crippen molar-refractivity contribution in [3.63, 3.8) is 0 Å². The number of benzene rings is 1. The third-order valence-corrected chi connectivity index (χ3v) is 3.37. The van der Waals surface area contributed by atoms with Crippen LogP contribution in [0.3, 0.4) is 0 Å². The molecular weight excluding hydrogens is 226 g/mol. The second-order valence-electron chi connectivity index (χ2n) is 5.50. The minimum atomic E-state index is 0.00476. The van der Waals surface area contributed by atoms with E-state index in [-0.39, 0.29) is 11.7 Å². The van der Waals surface area contributed by atoms with Crippen LogP contribution in [0.5, 0.6) is 5.75 Å². The Labute approximate surface area is 109 Å². The number of hydrogen-bond acceptors (Lipinski definition) is 3. The molecule has 0 bridgehead atoms. The Morgan fingerprint density at radius 3 is 2.83 bits per heavy atom. The average Bonchev–Trinajstić information content (AvgIpc) is 2.68. The molecule has 1 aromatic rings. The molecule has 0 spiro atoms. The first-order valence-corrected chi connectivity index (χ1v) is 6.69. The molecule has 0 radical (unpaired) electrons. The summed E-state index contributed by atoms with van der Waals surface area (Å²) in [5, 5.41) is 0. The third-order valence-electron chi connectivity index (χ3n) is 3.37. The van der Waals surface area contributed by atoms with E-state index in [0.717, 1.165) is 25.0 Å². The van der Waals surface area contributed by atoms with Crippen LogP contribution < -0.4 is 10.5 Å². The highest BCUT2D eigenvalue weighted by Gasteiger charge is 2.31. The molecule has 1 fully saturated rings. The van der Waals surface area contributed by atoms with Gasteiger partial charge in [-0.25, -0.2) is 0 Å². The summed E-state index contributed by atoms with van der Waals surface area (Å²) in [5.74, 6) is 0.941. The molecule has 3 nitrogen and oxygen atoms in total. The first-order valence-electron chi connectivity index (χ1n) is 6.69. The van der Waals surface area contributed by atoms with Crippen LogP contribution in [0, 0.1) is 0 Å². The highest BCUT2D eigenvalue weighted by atomic mass is 16.6. The van der Waals surface area contributed by atoms with E-state index in [2.05, 4.69) is 19.9 Å². The third kappa shape index (κ3) is 3.47. The highest BCUT2D eigenvalue weighted by molar-refractivity contribution is 5.33. The summed E-state index contributed by atoms with van der Waals surface area (Å²) >= 11 is 0. The van der Waals surface area contributed by atoms with Crippen LogP contribution in [0.25, 0.3) is 0 Å². The standard InChI is InChI=1S/C15H23NO2/c1-15(2)9-7-13(18-15)11-17-14-6-4-3-5-12(14)8-10-16/h3-6,13H,7-11,16H2,1-2H3. The molecule has 1 aliphatic heterocycles. The molecule has 0 aromatic heterocycles. The minimum Gasteiger partial charge on any atom is -0.491 e. The van der Waals surface area contributed by atoms with Crippen LogP contribution >= 0.6 is 0 Å². The molecular formula is C15H23NO2. The van der Waals surface area contributed by atoms with Crippen molar-refractivity contribution < 1.29 is 9.47 Å². The van der Waals surface area contributed by atoms with Gasteiger partial charge in [-0.1, -0.05) is 18.2 Å². The fraction of sp³-hybridized carbons (Fsp3) is 0.600. The van der Waals surface area contributed by atoms with Gasteiger partial charge < -0.3 is 15.2 Å². The molecule has 0 aliphatic carbocycles. The molecule has 2 N–H and O–H groups in total. The van der Waals surface area contributed by atoms with Gasteiger partial charge in [0.1, 0.15) is 12.4 Å². The molecule has 18 heavy (non-hydrogen) atoms. The SMILES string of the molecule is CC1(C)CCC(COc2ccccc2CCN)O1. The van der Waals surface area contributed by atoms with E-state index in [9.17, 15) is 0 Å². The molecule has 2 rings (SSSR count). The largest absolute Gasteiger partial charge is 0.491 e. The van der Waals surface area contributed by atoms with E-state index >= 15 is 0 Å². The molecule has 1 saturated heterocycles. The number of para-hydroxylation sites is 1. The maximum absolute atomic E-state index is 5.92. The number of hydrogen-bond donors (Lipinski definition) is 1. The summed E-state index contributed by atoms with van der Waals surface area (Å²) in [6.45, 7) is 5.54. The topological polar surface area (TPSA) is 44.5 Å². The Hall–Kier alpha value is -1.06. The summed E-state index contributed by atoms with van der Waals surface area (Å²) < 4.78 is 11.8. The summed E-state index contributed by atoms with van der Waals surface area (Å²) in [4.78, 5) is 0. The second kappa shape index (κ2) is 5.72. The van der Waals surface area contributed by atoms with Gasteiger partial charge in [0.2, 0.25) is 0 Å². The molecule has 0 saturated carbocycles. The fourth-order valence-corrected chi connectivity index (χ4v) is 2.38. The molecule has 1 atom stereocenters. The maximum Gasteiger partial charge on any atom is 0.122 e. The van der Waals surface area contributed by atoms with Crippen LogP contribution in [0.15, 0.2) is 24.3 Å².